The van der Waals surface area contributed by atoms with E-state index >= 15 is 0 Å². The Hall–Kier alpha value is -2.92. The minimum atomic E-state index is -0.519. The van der Waals surface area contributed by atoms with E-state index in [1.165, 1.54) is 0 Å². The van der Waals surface area contributed by atoms with E-state index in [9.17, 15) is 4.79 Å². The van der Waals surface area contributed by atoms with Crippen LogP contribution < -0.4 is 5.63 Å². The van der Waals surface area contributed by atoms with Crippen molar-refractivity contribution in [2.24, 2.45) is 0 Å². The summed E-state index contributed by atoms with van der Waals surface area (Å²) in [6, 6.07) is 19.3. The second-order valence-electron chi connectivity index (χ2n) is 6.67. The zero-order valence-electron chi connectivity index (χ0n) is 15.2. The maximum Gasteiger partial charge on any atom is 0.347 e. The van der Waals surface area contributed by atoms with Crippen LogP contribution in [0.25, 0.3) is 44.5 Å². The zero-order chi connectivity index (χ0) is 20.8. The van der Waals surface area contributed by atoms with Crippen molar-refractivity contribution in [2.75, 3.05) is 0 Å². The predicted molar refractivity (Wildman–Crippen MR) is 121 cm³/mol. The Kier molecular flexibility index (Phi) is 4.70. The summed E-state index contributed by atoms with van der Waals surface area (Å²) in [6.07, 6.45) is 0. The van der Waals surface area contributed by atoms with Gasteiger partial charge in [-0.1, -0.05) is 46.9 Å². The molecule has 30 heavy (non-hydrogen) atoms. The van der Waals surface area contributed by atoms with Gasteiger partial charge in [-0.3, -0.25) is 0 Å². The third kappa shape index (κ3) is 3.33. The number of fused-ring (bicyclic) bond motifs is 3. The SMILES string of the molecule is O=c1oc(-c2ccc(Cl)cc2)nc2c(-c3ccc(Cl)cc3)nc3ccc(Cl)cc3c12. The highest BCUT2D eigenvalue weighted by Crippen LogP contribution is 2.33. The number of hydrogen-bond donors (Lipinski definition) is 0. The van der Waals surface area contributed by atoms with Crippen molar-refractivity contribution < 1.29 is 4.42 Å². The third-order valence-electron chi connectivity index (χ3n) is 4.74. The van der Waals surface area contributed by atoms with E-state index in [1.54, 1.807) is 54.6 Å². The molecule has 0 aliphatic heterocycles. The van der Waals surface area contributed by atoms with Gasteiger partial charge >= 0.3 is 5.63 Å². The predicted octanol–water partition coefficient (Wildman–Crippen LogP) is 7.03. The molecule has 2 aromatic heterocycles. The average Bonchev–Trinajstić information content (AvgIpc) is 2.74. The molecule has 0 saturated carbocycles. The Labute approximate surface area is 185 Å². The monoisotopic (exact) mass is 452 g/mol. The van der Waals surface area contributed by atoms with Crippen molar-refractivity contribution in [3.63, 3.8) is 0 Å². The highest BCUT2D eigenvalue weighted by atomic mass is 35.5. The van der Waals surface area contributed by atoms with Crippen molar-refractivity contribution in [1.29, 1.82) is 0 Å². The van der Waals surface area contributed by atoms with Gasteiger partial charge in [0, 0.05) is 31.6 Å². The highest BCUT2D eigenvalue weighted by molar-refractivity contribution is 6.32. The van der Waals surface area contributed by atoms with Crippen LogP contribution >= 0.6 is 34.8 Å². The van der Waals surface area contributed by atoms with Gasteiger partial charge in [-0.2, -0.15) is 0 Å². The van der Waals surface area contributed by atoms with Gasteiger partial charge in [-0.05, 0) is 54.6 Å². The maximum atomic E-state index is 13.1. The van der Waals surface area contributed by atoms with E-state index in [-0.39, 0.29) is 5.89 Å². The smallest absolute Gasteiger partial charge is 0.347 e. The molecule has 4 nitrogen and oxygen atoms in total. The van der Waals surface area contributed by atoms with Gasteiger partial charge in [0.25, 0.3) is 0 Å². The Morgan fingerprint density at radius 1 is 0.700 bits per heavy atom. The topological polar surface area (TPSA) is 56.0 Å². The van der Waals surface area contributed by atoms with Crippen LogP contribution in [0.3, 0.4) is 0 Å². The Morgan fingerprint density at radius 2 is 1.30 bits per heavy atom. The van der Waals surface area contributed by atoms with Gasteiger partial charge in [0.15, 0.2) is 0 Å². The number of pyridine rings is 1. The molecule has 0 aliphatic carbocycles. The lowest BCUT2D eigenvalue weighted by atomic mass is 10.0. The maximum absolute atomic E-state index is 13.1. The van der Waals surface area contributed by atoms with E-state index in [4.69, 9.17) is 44.2 Å². The van der Waals surface area contributed by atoms with Crippen LogP contribution in [-0.4, -0.2) is 9.97 Å². The standard InChI is InChI=1S/C23H11Cl3N2O2/c24-14-5-1-12(2-6-14)20-21-19(17-11-16(26)9-10-18(17)27-20)23(29)30-22(28-21)13-3-7-15(25)8-4-13/h1-11H. The molecule has 0 amide bonds. The molecule has 0 atom stereocenters. The Morgan fingerprint density at radius 3 is 1.97 bits per heavy atom. The number of halogens is 3. The van der Waals surface area contributed by atoms with E-state index in [0.717, 1.165) is 5.56 Å². The lowest BCUT2D eigenvalue weighted by Crippen LogP contribution is -2.06. The summed E-state index contributed by atoms with van der Waals surface area (Å²) in [5.41, 5.74) is 2.49. The van der Waals surface area contributed by atoms with Crippen LogP contribution in [0.15, 0.2) is 75.9 Å². The second-order valence-corrected chi connectivity index (χ2v) is 7.98. The molecule has 0 radical (unpaired) electrons. The van der Waals surface area contributed by atoms with E-state index in [0.29, 0.717) is 48.1 Å². The van der Waals surface area contributed by atoms with Crippen LogP contribution in [0.4, 0.5) is 0 Å². The van der Waals surface area contributed by atoms with Crippen LogP contribution in [-0.2, 0) is 0 Å². The summed E-state index contributed by atoms with van der Waals surface area (Å²) < 4.78 is 5.57. The highest BCUT2D eigenvalue weighted by Gasteiger charge is 2.18. The Balaban J connectivity index is 1.90. The van der Waals surface area contributed by atoms with Gasteiger partial charge < -0.3 is 4.42 Å². The quantitative estimate of drug-likeness (QED) is 0.269. The first-order chi connectivity index (χ1) is 14.5. The van der Waals surface area contributed by atoms with Crippen molar-refractivity contribution in [1.82, 2.24) is 9.97 Å². The van der Waals surface area contributed by atoms with Gasteiger partial charge in [0.2, 0.25) is 5.89 Å². The number of aromatic nitrogens is 2. The third-order valence-corrected chi connectivity index (χ3v) is 5.48. The van der Waals surface area contributed by atoms with Crippen molar-refractivity contribution in [2.45, 2.75) is 0 Å². The molecule has 7 heteroatoms. The molecular formula is C23H11Cl3N2O2. The summed E-state index contributed by atoms with van der Waals surface area (Å²) in [5, 5.41) is 2.58. The summed E-state index contributed by atoms with van der Waals surface area (Å²) >= 11 is 18.2. The van der Waals surface area contributed by atoms with Crippen molar-refractivity contribution in [3.8, 4) is 22.7 Å². The number of rotatable bonds is 2. The molecule has 0 spiro atoms. The number of benzene rings is 3. The molecule has 0 aliphatic rings. The molecule has 0 fully saturated rings. The van der Waals surface area contributed by atoms with Gasteiger partial charge in [0.1, 0.15) is 5.52 Å². The Bertz CT molecular complexity index is 1480. The molecular weight excluding hydrogens is 443 g/mol. The summed E-state index contributed by atoms with van der Waals surface area (Å²) in [6.45, 7) is 0. The molecule has 146 valence electrons. The molecule has 0 bridgehead atoms. The summed E-state index contributed by atoms with van der Waals surface area (Å²) in [4.78, 5) is 22.5. The van der Waals surface area contributed by atoms with Crippen LogP contribution in [0.1, 0.15) is 0 Å². The van der Waals surface area contributed by atoms with Crippen molar-refractivity contribution >= 4 is 56.6 Å². The lowest BCUT2D eigenvalue weighted by molar-refractivity contribution is 0.519. The van der Waals surface area contributed by atoms with Gasteiger partial charge in [-0.15, -0.1) is 0 Å². The molecule has 5 rings (SSSR count). The fourth-order valence-electron chi connectivity index (χ4n) is 3.33. The molecule has 2 heterocycles. The zero-order valence-corrected chi connectivity index (χ0v) is 17.5. The minimum absolute atomic E-state index is 0.183. The number of nitrogens with zero attached hydrogens (tertiary/aromatic N) is 2. The average molecular weight is 454 g/mol. The normalized spacial score (nSPS) is 11.3. The minimum Gasteiger partial charge on any atom is -0.403 e. The van der Waals surface area contributed by atoms with E-state index in [2.05, 4.69) is 4.98 Å². The van der Waals surface area contributed by atoms with Crippen LogP contribution in [0.5, 0.6) is 0 Å². The number of hydrogen-bond acceptors (Lipinski definition) is 4. The van der Waals surface area contributed by atoms with Gasteiger partial charge in [-0.25, -0.2) is 14.8 Å². The second kappa shape index (κ2) is 7.40. The molecule has 3 aromatic carbocycles. The fourth-order valence-corrected chi connectivity index (χ4v) is 3.75. The van der Waals surface area contributed by atoms with Crippen LogP contribution in [0.2, 0.25) is 15.1 Å². The lowest BCUT2D eigenvalue weighted by Gasteiger charge is -2.10. The van der Waals surface area contributed by atoms with Gasteiger partial charge in [0.05, 0.1) is 16.6 Å². The first-order valence-corrected chi connectivity index (χ1v) is 10.1. The summed E-state index contributed by atoms with van der Waals surface area (Å²) in [7, 11) is 0. The molecule has 0 unspecified atom stereocenters. The first-order valence-electron chi connectivity index (χ1n) is 8.95. The molecule has 0 N–H and O–H groups in total. The summed E-state index contributed by atoms with van der Waals surface area (Å²) in [5.74, 6) is 0.183. The largest absolute Gasteiger partial charge is 0.403 e. The molecule has 5 aromatic rings. The first kappa shape index (κ1) is 19.1. The fraction of sp³-hybridized carbons (Fsp3) is 0. The van der Waals surface area contributed by atoms with E-state index < -0.39 is 5.63 Å². The van der Waals surface area contributed by atoms with E-state index in [1.807, 2.05) is 12.1 Å². The van der Waals surface area contributed by atoms with Crippen molar-refractivity contribution in [3.05, 3.63) is 92.2 Å². The van der Waals surface area contributed by atoms with Crippen LogP contribution in [0, 0.1) is 0 Å². The molecule has 0 saturated heterocycles.